The van der Waals surface area contributed by atoms with Crippen molar-refractivity contribution < 1.29 is 4.79 Å². The number of aryl methyl sites for hydroxylation is 1. The lowest BCUT2D eigenvalue weighted by Crippen LogP contribution is -2.13. The summed E-state index contributed by atoms with van der Waals surface area (Å²) in [5.74, 6) is -0.394. The third-order valence-electron chi connectivity index (χ3n) is 2.59. The summed E-state index contributed by atoms with van der Waals surface area (Å²) in [7, 11) is 0. The predicted molar refractivity (Wildman–Crippen MR) is 79.0 cm³/mol. The molecule has 94 valence electrons. The lowest BCUT2D eigenvalue weighted by Gasteiger charge is -2.08. The van der Waals surface area contributed by atoms with Gasteiger partial charge in [-0.15, -0.1) is 11.3 Å². The van der Waals surface area contributed by atoms with Gasteiger partial charge in [0.2, 0.25) is 5.91 Å². The number of nitrogens with one attached hydrogen (secondary N) is 1. The van der Waals surface area contributed by atoms with Crippen LogP contribution in [-0.4, -0.2) is 5.91 Å². The number of thiophene rings is 1. The molecule has 2 rings (SSSR count). The molecule has 0 bridgehead atoms. The van der Waals surface area contributed by atoms with Crippen molar-refractivity contribution >= 4 is 38.9 Å². The van der Waals surface area contributed by atoms with Crippen LogP contribution in [0.15, 0.2) is 34.1 Å². The number of carbonyl (C=O) groups is 1. The summed E-state index contributed by atoms with van der Waals surface area (Å²) in [6.07, 6.45) is 0. The van der Waals surface area contributed by atoms with E-state index in [0.717, 1.165) is 22.3 Å². The second-order valence-electron chi connectivity index (χ2n) is 3.98. The van der Waals surface area contributed by atoms with Gasteiger partial charge in [0.1, 0.15) is 0 Å². The fourth-order valence-corrected chi connectivity index (χ4v) is 3.02. The molecule has 0 radical (unpaired) electrons. The Bertz CT molecular complexity index is 580. The van der Waals surface area contributed by atoms with Crippen LogP contribution in [0.25, 0.3) is 0 Å². The quantitative estimate of drug-likeness (QED) is 0.903. The van der Waals surface area contributed by atoms with Crippen LogP contribution in [0.3, 0.4) is 0 Å². The van der Waals surface area contributed by atoms with Gasteiger partial charge in [0, 0.05) is 32.5 Å². The van der Waals surface area contributed by atoms with Crippen LogP contribution < -0.4 is 11.1 Å². The van der Waals surface area contributed by atoms with E-state index in [9.17, 15) is 4.79 Å². The third-order valence-corrected chi connectivity index (χ3v) is 4.29. The molecule has 0 aliphatic rings. The molecule has 3 nitrogen and oxygen atoms in total. The van der Waals surface area contributed by atoms with Gasteiger partial charge in [0.15, 0.2) is 0 Å². The molecule has 0 aliphatic heterocycles. The molecule has 0 saturated carbocycles. The average Bonchev–Trinajstić information content (AvgIpc) is 2.74. The fraction of sp³-hybridized carbons (Fsp3) is 0.154. The standard InChI is InChI=1S/C13H13BrN2OS/c1-8-2-3-10(5-12(8)13(15)17)16-6-11-4-9(14)7-18-11/h2-5,7,16H,6H2,1H3,(H2,15,17). The van der Waals surface area contributed by atoms with E-state index in [1.54, 1.807) is 17.4 Å². The summed E-state index contributed by atoms with van der Waals surface area (Å²) in [5.41, 5.74) is 7.68. The molecule has 1 aromatic carbocycles. The van der Waals surface area contributed by atoms with Gasteiger partial charge in [-0.05, 0) is 46.6 Å². The molecule has 18 heavy (non-hydrogen) atoms. The fourth-order valence-electron chi connectivity index (χ4n) is 1.63. The maximum atomic E-state index is 11.2. The predicted octanol–water partition coefficient (Wildman–Crippen LogP) is 3.53. The largest absolute Gasteiger partial charge is 0.380 e. The highest BCUT2D eigenvalue weighted by molar-refractivity contribution is 9.10. The lowest BCUT2D eigenvalue weighted by molar-refractivity contribution is 0.1000. The number of rotatable bonds is 4. The van der Waals surface area contributed by atoms with Crippen LogP contribution in [0, 0.1) is 6.92 Å². The van der Waals surface area contributed by atoms with Crippen molar-refractivity contribution in [2.24, 2.45) is 5.73 Å². The minimum atomic E-state index is -0.394. The van der Waals surface area contributed by atoms with Crippen LogP contribution in [0.1, 0.15) is 20.8 Å². The van der Waals surface area contributed by atoms with Gasteiger partial charge in [0.25, 0.3) is 0 Å². The molecule has 0 atom stereocenters. The number of anilines is 1. The molecule has 1 aromatic heterocycles. The minimum absolute atomic E-state index is 0.394. The van der Waals surface area contributed by atoms with E-state index >= 15 is 0 Å². The maximum Gasteiger partial charge on any atom is 0.249 e. The second kappa shape index (κ2) is 5.54. The summed E-state index contributed by atoms with van der Waals surface area (Å²) in [6, 6.07) is 7.71. The van der Waals surface area contributed by atoms with Crippen molar-refractivity contribution in [2.75, 3.05) is 5.32 Å². The normalized spacial score (nSPS) is 10.3. The Labute approximate surface area is 118 Å². The van der Waals surface area contributed by atoms with Crippen molar-refractivity contribution in [3.8, 4) is 0 Å². The molecule has 0 unspecified atom stereocenters. The van der Waals surface area contributed by atoms with Crippen molar-refractivity contribution in [1.29, 1.82) is 0 Å². The zero-order valence-corrected chi connectivity index (χ0v) is 12.3. The number of benzene rings is 1. The summed E-state index contributed by atoms with van der Waals surface area (Å²) in [6.45, 7) is 2.61. The van der Waals surface area contributed by atoms with Crippen LogP contribution in [-0.2, 0) is 6.54 Å². The highest BCUT2D eigenvalue weighted by atomic mass is 79.9. The highest BCUT2D eigenvalue weighted by Crippen LogP contribution is 2.21. The molecule has 0 aliphatic carbocycles. The van der Waals surface area contributed by atoms with E-state index in [2.05, 4.69) is 27.3 Å². The first-order valence-electron chi connectivity index (χ1n) is 5.43. The van der Waals surface area contributed by atoms with E-state index in [1.165, 1.54) is 4.88 Å². The zero-order chi connectivity index (χ0) is 13.1. The van der Waals surface area contributed by atoms with Crippen LogP contribution in [0.5, 0.6) is 0 Å². The number of primary amides is 1. The first-order valence-corrected chi connectivity index (χ1v) is 7.11. The number of nitrogens with two attached hydrogens (primary N) is 1. The molecule has 3 N–H and O–H groups in total. The number of amides is 1. The van der Waals surface area contributed by atoms with Crippen LogP contribution >= 0.6 is 27.3 Å². The monoisotopic (exact) mass is 324 g/mol. The lowest BCUT2D eigenvalue weighted by atomic mass is 10.1. The molecule has 1 amide bonds. The van der Waals surface area contributed by atoms with Crippen molar-refractivity contribution in [1.82, 2.24) is 0 Å². The Morgan fingerprint density at radius 3 is 2.83 bits per heavy atom. The summed E-state index contributed by atoms with van der Waals surface area (Å²) >= 11 is 5.10. The topological polar surface area (TPSA) is 55.1 Å². The highest BCUT2D eigenvalue weighted by Gasteiger charge is 2.06. The Balaban J connectivity index is 2.10. The first-order chi connectivity index (χ1) is 8.56. The molecular formula is C13H13BrN2OS. The smallest absolute Gasteiger partial charge is 0.249 e. The van der Waals surface area contributed by atoms with Crippen LogP contribution in [0.4, 0.5) is 5.69 Å². The molecule has 1 heterocycles. The van der Waals surface area contributed by atoms with Gasteiger partial charge >= 0.3 is 0 Å². The number of halogens is 1. The third kappa shape index (κ3) is 3.11. The summed E-state index contributed by atoms with van der Waals surface area (Å²) in [4.78, 5) is 12.5. The summed E-state index contributed by atoms with van der Waals surface area (Å²) in [5, 5.41) is 5.32. The van der Waals surface area contributed by atoms with Gasteiger partial charge in [0.05, 0.1) is 0 Å². The SMILES string of the molecule is Cc1ccc(NCc2cc(Br)cs2)cc1C(N)=O. The summed E-state index contributed by atoms with van der Waals surface area (Å²) < 4.78 is 1.09. The van der Waals surface area contributed by atoms with Crippen molar-refractivity contribution in [3.63, 3.8) is 0 Å². The van der Waals surface area contributed by atoms with Gasteiger partial charge in [-0.2, -0.15) is 0 Å². The Morgan fingerprint density at radius 2 is 2.22 bits per heavy atom. The average molecular weight is 325 g/mol. The molecule has 2 aromatic rings. The second-order valence-corrected chi connectivity index (χ2v) is 5.89. The van der Waals surface area contributed by atoms with Gasteiger partial charge in [-0.3, -0.25) is 4.79 Å². The molecular weight excluding hydrogens is 312 g/mol. The van der Waals surface area contributed by atoms with Gasteiger partial charge < -0.3 is 11.1 Å². The number of hydrogen-bond donors (Lipinski definition) is 2. The molecule has 0 saturated heterocycles. The zero-order valence-electron chi connectivity index (χ0n) is 9.87. The molecule has 0 fully saturated rings. The van der Waals surface area contributed by atoms with E-state index in [-0.39, 0.29) is 0 Å². The van der Waals surface area contributed by atoms with E-state index < -0.39 is 5.91 Å². The maximum absolute atomic E-state index is 11.2. The van der Waals surface area contributed by atoms with Crippen LogP contribution in [0.2, 0.25) is 0 Å². The van der Waals surface area contributed by atoms with Crippen molar-refractivity contribution in [2.45, 2.75) is 13.5 Å². The van der Waals surface area contributed by atoms with Gasteiger partial charge in [-0.25, -0.2) is 0 Å². The molecule has 5 heteroatoms. The van der Waals surface area contributed by atoms with E-state index in [0.29, 0.717) is 5.56 Å². The van der Waals surface area contributed by atoms with Gasteiger partial charge in [-0.1, -0.05) is 6.07 Å². The number of carbonyl (C=O) groups excluding carboxylic acids is 1. The Hall–Kier alpha value is -1.33. The Kier molecular flexibility index (Phi) is 4.04. The number of hydrogen-bond acceptors (Lipinski definition) is 3. The minimum Gasteiger partial charge on any atom is -0.380 e. The van der Waals surface area contributed by atoms with Crippen molar-refractivity contribution in [3.05, 3.63) is 50.1 Å². The molecule has 0 spiro atoms. The van der Waals surface area contributed by atoms with E-state index in [4.69, 9.17) is 5.73 Å². The first kappa shape index (κ1) is 13.1. The van der Waals surface area contributed by atoms with E-state index in [1.807, 2.05) is 24.4 Å². The Morgan fingerprint density at radius 1 is 1.44 bits per heavy atom.